The van der Waals surface area contributed by atoms with Crippen molar-refractivity contribution in [1.29, 1.82) is 0 Å². The van der Waals surface area contributed by atoms with Gasteiger partial charge < -0.3 is 5.32 Å². The first kappa shape index (κ1) is 12.9. The van der Waals surface area contributed by atoms with Crippen molar-refractivity contribution < 1.29 is 0 Å². The van der Waals surface area contributed by atoms with Crippen LogP contribution in [-0.4, -0.2) is 36.1 Å². The van der Waals surface area contributed by atoms with E-state index >= 15 is 0 Å². The largest absolute Gasteiger partial charge is 0.313 e. The van der Waals surface area contributed by atoms with Crippen molar-refractivity contribution in [3.05, 3.63) is 0 Å². The predicted octanol–water partition coefficient (Wildman–Crippen LogP) is 3.03. The first-order valence-electron chi connectivity index (χ1n) is 8.23. The Kier molecular flexibility index (Phi) is 3.95. The van der Waals surface area contributed by atoms with E-state index in [1.165, 1.54) is 58.0 Å². The summed E-state index contributed by atoms with van der Waals surface area (Å²) in [5.41, 5.74) is 0. The monoisotopic (exact) mass is 250 g/mol. The second-order valence-corrected chi connectivity index (χ2v) is 7.18. The lowest BCUT2D eigenvalue weighted by Crippen LogP contribution is -2.49. The van der Waals surface area contributed by atoms with Crippen molar-refractivity contribution in [3.8, 4) is 0 Å². The number of nitrogens with zero attached hydrogens (tertiary/aromatic N) is 1. The Morgan fingerprint density at radius 3 is 2.56 bits per heavy atom. The zero-order valence-electron chi connectivity index (χ0n) is 12.2. The molecule has 0 aromatic carbocycles. The predicted molar refractivity (Wildman–Crippen MR) is 76.7 cm³/mol. The quantitative estimate of drug-likeness (QED) is 0.825. The van der Waals surface area contributed by atoms with E-state index in [2.05, 4.69) is 24.1 Å². The van der Waals surface area contributed by atoms with Crippen LogP contribution in [0.4, 0.5) is 0 Å². The molecule has 0 aromatic rings. The lowest BCUT2D eigenvalue weighted by molar-refractivity contribution is 0.0761. The van der Waals surface area contributed by atoms with Crippen LogP contribution in [0.2, 0.25) is 0 Å². The average Bonchev–Trinajstić information content (AvgIpc) is 3.07. The lowest BCUT2D eigenvalue weighted by atomic mass is 9.79. The van der Waals surface area contributed by atoms with Crippen LogP contribution in [0.3, 0.4) is 0 Å². The summed E-state index contributed by atoms with van der Waals surface area (Å²) in [5.74, 6) is 1.87. The van der Waals surface area contributed by atoms with Gasteiger partial charge in [-0.25, -0.2) is 0 Å². The van der Waals surface area contributed by atoms with Crippen molar-refractivity contribution in [3.63, 3.8) is 0 Å². The van der Waals surface area contributed by atoms with Crippen LogP contribution in [0, 0.1) is 11.8 Å². The molecule has 104 valence electrons. The van der Waals surface area contributed by atoms with Gasteiger partial charge in [0.2, 0.25) is 0 Å². The van der Waals surface area contributed by atoms with E-state index in [1.54, 1.807) is 0 Å². The Morgan fingerprint density at radius 2 is 1.89 bits per heavy atom. The van der Waals surface area contributed by atoms with Gasteiger partial charge in [0.15, 0.2) is 0 Å². The number of hydrogen-bond donors (Lipinski definition) is 1. The van der Waals surface area contributed by atoms with E-state index in [1.807, 2.05) is 0 Å². The summed E-state index contributed by atoms with van der Waals surface area (Å²) in [7, 11) is 0. The Morgan fingerprint density at radius 1 is 1.06 bits per heavy atom. The van der Waals surface area contributed by atoms with Crippen molar-refractivity contribution in [2.45, 2.75) is 76.9 Å². The first-order chi connectivity index (χ1) is 8.74. The third-order valence-electron chi connectivity index (χ3n) is 5.45. The molecule has 3 fully saturated rings. The van der Waals surface area contributed by atoms with Crippen molar-refractivity contribution >= 4 is 0 Å². The van der Waals surface area contributed by atoms with Gasteiger partial charge in [0.25, 0.3) is 0 Å². The Bertz CT molecular complexity index is 268. The molecule has 0 radical (unpaired) electrons. The Labute approximate surface area is 113 Å². The van der Waals surface area contributed by atoms with E-state index in [0.29, 0.717) is 0 Å². The summed E-state index contributed by atoms with van der Waals surface area (Å²) >= 11 is 0. The van der Waals surface area contributed by atoms with E-state index in [4.69, 9.17) is 0 Å². The molecule has 4 atom stereocenters. The number of nitrogens with one attached hydrogen (secondary N) is 1. The average molecular weight is 250 g/mol. The maximum Gasteiger partial charge on any atom is 0.0195 e. The summed E-state index contributed by atoms with van der Waals surface area (Å²) in [5, 5.41) is 3.69. The fourth-order valence-electron chi connectivity index (χ4n) is 4.09. The minimum atomic E-state index is 0.787. The third-order valence-corrected chi connectivity index (χ3v) is 5.45. The molecule has 0 aromatic heterocycles. The molecule has 1 heterocycles. The second-order valence-electron chi connectivity index (χ2n) is 7.18. The van der Waals surface area contributed by atoms with Gasteiger partial charge in [0.1, 0.15) is 0 Å². The third kappa shape index (κ3) is 2.91. The summed E-state index contributed by atoms with van der Waals surface area (Å²) < 4.78 is 0. The van der Waals surface area contributed by atoms with E-state index in [0.717, 1.165) is 30.0 Å². The molecule has 3 aliphatic rings. The normalized spacial score (nSPS) is 41.5. The molecule has 1 saturated heterocycles. The van der Waals surface area contributed by atoms with E-state index < -0.39 is 0 Å². The van der Waals surface area contributed by atoms with Crippen molar-refractivity contribution in [1.82, 2.24) is 10.2 Å². The van der Waals surface area contributed by atoms with Gasteiger partial charge in [0, 0.05) is 24.7 Å². The second kappa shape index (κ2) is 5.50. The molecule has 3 rings (SSSR count). The fourth-order valence-corrected chi connectivity index (χ4v) is 4.09. The zero-order valence-corrected chi connectivity index (χ0v) is 12.2. The van der Waals surface area contributed by atoms with Gasteiger partial charge in [-0.05, 0) is 56.9 Å². The SMILES string of the molecule is CC1CCC(C)C(N(CC2CCCN2)C2CC2)C1. The molecule has 1 N–H and O–H groups in total. The van der Waals surface area contributed by atoms with Crippen LogP contribution < -0.4 is 5.32 Å². The fraction of sp³-hybridized carbons (Fsp3) is 1.00. The maximum atomic E-state index is 3.69. The van der Waals surface area contributed by atoms with Gasteiger partial charge in [-0.2, -0.15) is 0 Å². The summed E-state index contributed by atoms with van der Waals surface area (Å²) in [6.07, 6.45) is 10.1. The lowest BCUT2D eigenvalue weighted by Gasteiger charge is -2.42. The molecule has 2 nitrogen and oxygen atoms in total. The minimum absolute atomic E-state index is 0.787. The first-order valence-corrected chi connectivity index (χ1v) is 8.23. The van der Waals surface area contributed by atoms with Crippen LogP contribution in [-0.2, 0) is 0 Å². The van der Waals surface area contributed by atoms with Gasteiger partial charge >= 0.3 is 0 Å². The maximum absolute atomic E-state index is 3.69. The molecule has 0 amide bonds. The van der Waals surface area contributed by atoms with Crippen molar-refractivity contribution in [2.24, 2.45) is 11.8 Å². The molecule has 2 heteroatoms. The molecule has 2 aliphatic carbocycles. The topological polar surface area (TPSA) is 15.3 Å². The van der Waals surface area contributed by atoms with Crippen LogP contribution in [0.1, 0.15) is 58.8 Å². The summed E-state index contributed by atoms with van der Waals surface area (Å²) in [6, 6.07) is 2.60. The van der Waals surface area contributed by atoms with Crippen LogP contribution in [0.25, 0.3) is 0 Å². The Hall–Kier alpha value is -0.0800. The van der Waals surface area contributed by atoms with Gasteiger partial charge in [0.05, 0.1) is 0 Å². The summed E-state index contributed by atoms with van der Waals surface area (Å²) in [4.78, 5) is 2.91. The highest BCUT2D eigenvalue weighted by Crippen LogP contribution is 2.38. The number of hydrogen-bond acceptors (Lipinski definition) is 2. The highest BCUT2D eigenvalue weighted by Gasteiger charge is 2.39. The molecule has 2 saturated carbocycles. The van der Waals surface area contributed by atoms with Gasteiger partial charge in [-0.3, -0.25) is 4.90 Å². The molecule has 18 heavy (non-hydrogen) atoms. The molecule has 0 bridgehead atoms. The van der Waals surface area contributed by atoms with Crippen LogP contribution in [0.5, 0.6) is 0 Å². The standard InChI is InChI=1S/C16H30N2/c1-12-5-6-13(2)16(10-12)18(15-7-8-15)11-14-4-3-9-17-14/h12-17H,3-11H2,1-2H3. The van der Waals surface area contributed by atoms with Crippen molar-refractivity contribution in [2.75, 3.05) is 13.1 Å². The number of rotatable bonds is 4. The summed E-state index contributed by atoms with van der Waals surface area (Å²) in [6.45, 7) is 7.53. The van der Waals surface area contributed by atoms with Gasteiger partial charge in [-0.1, -0.05) is 20.3 Å². The van der Waals surface area contributed by atoms with Crippen LogP contribution in [0.15, 0.2) is 0 Å². The highest BCUT2D eigenvalue weighted by molar-refractivity contribution is 4.95. The highest BCUT2D eigenvalue weighted by atomic mass is 15.2. The van der Waals surface area contributed by atoms with Crippen LogP contribution >= 0.6 is 0 Å². The molecular formula is C16H30N2. The minimum Gasteiger partial charge on any atom is -0.313 e. The molecule has 4 unspecified atom stereocenters. The molecular weight excluding hydrogens is 220 g/mol. The van der Waals surface area contributed by atoms with E-state index in [-0.39, 0.29) is 0 Å². The Balaban J connectivity index is 1.63. The zero-order chi connectivity index (χ0) is 12.5. The molecule has 0 spiro atoms. The smallest absolute Gasteiger partial charge is 0.0195 e. The molecule has 1 aliphatic heterocycles. The van der Waals surface area contributed by atoms with E-state index in [9.17, 15) is 0 Å². The van der Waals surface area contributed by atoms with Gasteiger partial charge in [-0.15, -0.1) is 0 Å².